The molecule has 3 rings (SSSR count). The van der Waals surface area contributed by atoms with Crippen molar-refractivity contribution < 1.29 is 13.9 Å². The van der Waals surface area contributed by atoms with Crippen LogP contribution in [-0.4, -0.2) is 27.8 Å². The molecular formula is C19H17FN4O3. The van der Waals surface area contributed by atoms with Crippen molar-refractivity contribution in [2.24, 2.45) is 0 Å². The highest BCUT2D eigenvalue weighted by Crippen LogP contribution is 2.14. The minimum absolute atomic E-state index is 0.173. The van der Waals surface area contributed by atoms with Crippen LogP contribution in [0.25, 0.3) is 0 Å². The molecule has 0 fully saturated rings. The maximum atomic E-state index is 12.9. The zero-order valence-electron chi connectivity index (χ0n) is 14.5. The Labute approximate surface area is 154 Å². The summed E-state index contributed by atoms with van der Waals surface area (Å²) in [6.07, 6.45) is 0.247. The first-order valence-corrected chi connectivity index (χ1v) is 8.29. The number of anilines is 2. The molecule has 0 atom stereocenters. The van der Waals surface area contributed by atoms with Crippen LogP contribution in [0.3, 0.4) is 0 Å². The summed E-state index contributed by atoms with van der Waals surface area (Å²) in [4.78, 5) is 26.4. The molecule has 1 heterocycles. The van der Waals surface area contributed by atoms with Crippen molar-refractivity contribution in [1.82, 2.24) is 15.2 Å². The molecule has 27 heavy (non-hydrogen) atoms. The summed E-state index contributed by atoms with van der Waals surface area (Å²) in [5.74, 6) is -0.568. The fraction of sp³-hybridized carbons (Fsp3) is 0.158. The third-order valence-corrected chi connectivity index (χ3v) is 3.71. The Morgan fingerprint density at radius 3 is 2.44 bits per heavy atom. The van der Waals surface area contributed by atoms with E-state index in [-0.39, 0.29) is 29.4 Å². The summed E-state index contributed by atoms with van der Waals surface area (Å²) >= 11 is 0. The van der Waals surface area contributed by atoms with Crippen LogP contribution in [-0.2, 0) is 11.2 Å². The molecule has 0 aliphatic heterocycles. The van der Waals surface area contributed by atoms with Crippen LogP contribution in [0.15, 0.2) is 53.3 Å². The van der Waals surface area contributed by atoms with Crippen LogP contribution in [0.4, 0.5) is 16.0 Å². The topological polar surface area (TPSA) is 97.0 Å². The second-order valence-electron chi connectivity index (χ2n) is 5.68. The van der Waals surface area contributed by atoms with Crippen molar-refractivity contribution in [3.63, 3.8) is 0 Å². The van der Waals surface area contributed by atoms with Crippen molar-refractivity contribution in [2.45, 2.75) is 13.3 Å². The van der Waals surface area contributed by atoms with Crippen molar-refractivity contribution in [2.75, 3.05) is 11.9 Å². The van der Waals surface area contributed by atoms with Crippen molar-refractivity contribution in [3.05, 3.63) is 81.5 Å². The molecule has 1 aromatic heterocycles. The number of carbonyl (C=O) groups excluding carboxylic acids is 1. The predicted octanol–water partition coefficient (Wildman–Crippen LogP) is 2.82. The van der Waals surface area contributed by atoms with Gasteiger partial charge in [-0.1, -0.05) is 12.1 Å². The van der Waals surface area contributed by atoms with Gasteiger partial charge in [0.05, 0.1) is 12.2 Å². The van der Waals surface area contributed by atoms with Crippen LogP contribution in [0.2, 0.25) is 0 Å². The molecule has 0 amide bonds. The molecule has 8 heteroatoms. The van der Waals surface area contributed by atoms with Gasteiger partial charge in [0.2, 0.25) is 5.95 Å². The number of halogens is 1. The molecule has 0 radical (unpaired) electrons. The number of nitrogens with one attached hydrogen (secondary N) is 2. The predicted molar refractivity (Wildman–Crippen MR) is 97.5 cm³/mol. The van der Waals surface area contributed by atoms with E-state index in [1.165, 1.54) is 12.1 Å². The zero-order valence-corrected chi connectivity index (χ0v) is 14.5. The number of H-pyrrole nitrogens is 1. The second kappa shape index (κ2) is 8.22. The lowest BCUT2D eigenvalue weighted by Crippen LogP contribution is -2.18. The first-order chi connectivity index (χ1) is 13.0. The van der Waals surface area contributed by atoms with Gasteiger partial charge < -0.3 is 10.1 Å². The summed E-state index contributed by atoms with van der Waals surface area (Å²) in [5.41, 5.74) is 1.65. The Hall–Kier alpha value is -3.55. The van der Waals surface area contributed by atoms with Gasteiger partial charge in [-0.2, -0.15) is 0 Å². The summed E-state index contributed by atoms with van der Waals surface area (Å²) in [7, 11) is 0. The monoisotopic (exact) mass is 368 g/mol. The molecular weight excluding hydrogens is 351 g/mol. The first-order valence-electron chi connectivity index (χ1n) is 8.29. The number of ether oxygens (including phenoxy) is 1. The summed E-state index contributed by atoms with van der Waals surface area (Å²) in [6, 6.07) is 12.4. The molecule has 0 aliphatic rings. The maximum Gasteiger partial charge on any atom is 0.338 e. The molecule has 2 aromatic carbocycles. The lowest BCUT2D eigenvalue weighted by Gasteiger charge is -2.07. The van der Waals surface area contributed by atoms with E-state index >= 15 is 0 Å². The van der Waals surface area contributed by atoms with E-state index in [4.69, 9.17) is 4.74 Å². The van der Waals surface area contributed by atoms with Gasteiger partial charge in [0, 0.05) is 12.1 Å². The number of hydrogen-bond acceptors (Lipinski definition) is 6. The van der Waals surface area contributed by atoms with E-state index in [2.05, 4.69) is 20.5 Å². The highest BCUT2D eigenvalue weighted by atomic mass is 19.1. The fourth-order valence-corrected chi connectivity index (χ4v) is 2.37. The molecule has 0 saturated heterocycles. The van der Waals surface area contributed by atoms with E-state index in [9.17, 15) is 14.0 Å². The molecule has 2 N–H and O–H groups in total. The van der Waals surface area contributed by atoms with Gasteiger partial charge in [-0.15, -0.1) is 10.2 Å². The SMILES string of the molecule is CCOC(=O)c1ccc(Nc2nnc(Cc3ccc(F)cc3)c(=O)[nH]2)cc1. The largest absolute Gasteiger partial charge is 0.462 e. The Kier molecular flexibility index (Phi) is 5.55. The van der Waals surface area contributed by atoms with Gasteiger partial charge in [0.15, 0.2) is 0 Å². The van der Waals surface area contributed by atoms with E-state index in [0.29, 0.717) is 17.9 Å². The molecule has 138 valence electrons. The average molecular weight is 368 g/mol. The molecule has 0 saturated carbocycles. The Morgan fingerprint density at radius 2 is 1.81 bits per heavy atom. The maximum absolute atomic E-state index is 12.9. The number of nitrogens with zero attached hydrogens (tertiary/aromatic N) is 2. The Morgan fingerprint density at radius 1 is 1.11 bits per heavy atom. The third kappa shape index (κ3) is 4.75. The van der Waals surface area contributed by atoms with E-state index in [1.54, 1.807) is 43.3 Å². The van der Waals surface area contributed by atoms with Crippen molar-refractivity contribution in [3.8, 4) is 0 Å². The van der Waals surface area contributed by atoms with E-state index in [1.807, 2.05) is 0 Å². The molecule has 0 unspecified atom stereocenters. The van der Waals surface area contributed by atoms with Gasteiger partial charge in [-0.05, 0) is 48.9 Å². The second-order valence-corrected chi connectivity index (χ2v) is 5.68. The smallest absolute Gasteiger partial charge is 0.338 e. The highest BCUT2D eigenvalue weighted by Gasteiger charge is 2.08. The lowest BCUT2D eigenvalue weighted by atomic mass is 10.1. The van der Waals surface area contributed by atoms with Gasteiger partial charge >= 0.3 is 5.97 Å². The van der Waals surface area contributed by atoms with Gasteiger partial charge in [-0.3, -0.25) is 9.78 Å². The standard InChI is InChI=1S/C19H17FN4O3/c1-2-27-18(26)13-5-9-15(10-6-13)21-19-22-17(25)16(23-24-19)11-12-3-7-14(20)8-4-12/h3-10H,2,11H2,1H3,(H2,21,22,24,25). The number of esters is 1. The average Bonchev–Trinajstić information content (AvgIpc) is 2.66. The Balaban J connectivity index is 1.69. The minimum Gasteiger partial charge on any atom is -0.462 e. The summed E-state index contributed by atoms with van der Waals surface area (Å²) in [6.45, 7) is 2.04. The van der Waals surface area contributed by atoms with Gasteiger partial charge in [0.25, 0.3) is 5.56 Å². The zero-order chi connectivity index (χ0) is 19.2. The van der Waals surface area contributed by atoms with Crippen molar-refractivity contribution in [1.29, 1.82) is 0 Å². The number of hydrogen-bond donors (Lipinski definition) is 2. The van der Waals surface area contributed by atoms with Gasteiger partial charge in [-0.25, -0.2) is 9.18 Å². The number of rotatable bonds is 6. The van der Waals surface area contributed by atoms with E-state index < -0.39 is 5.97 Å². The van der Waals surface area contributed by atoms with Crippen molar-refractivity contribution >= 4 is 17.6 Å². The molecule has 0 bridgehead atoms. The number of aromatic amines is 1. The van der Waals surface area contributed by atoms with Crippen LogP contribution in [0, 0.1) is 5.82 Å². The van der Waals surface area contributed by atoms with Crippen LogP contribution in [0.1, 0.15) is 28.5 Å². The lowest BCUT2D eigenvalue weighted by molar-refractivity contribution is 0.0526. The van der Waals surface area contributed by atoms with E-state index in [0.717, 1.165) is 5.56 Å². The number of benzene rings is 2. The molecule has 3 aromatic rings. The molecule has 0 aliphatic carbocycles. The highest BCUT2D eigenvalue weighted by molar-refractivity contribution is 5.89. The molecule has 0 spiro atoms. The summed E-state index contributed by atoms with van der Waals surface area (Å²) < 4.78 is 17.9. The first kappa shape index (κ1) is 18.2. The fourth-order valence-electron chi connectivity index (χ4n) is 2.37. The Bertz CT molecular complexity index is 985. The minimum atomic E-state index is -0.401. The van der Waals surface area contributed by atoms with Crippen LogP contribution in [0.5, 0.6) is 0 Å². The molecule has 7 nitrogen and oxygen atoms in total. The van der Waals surface area contributed by atoms with Crippen LogP contribution >= 0.6 is 0 Å². The number of aromatic nitrogens is 3. The quantitative estimate of drug-likeness (QED) is 0.650. The van der Waals surface area contributed by atoms with Gasteiger partial charge in [0.1, 0.15) is 11.5 Å². The third-order valence-electron chi connectivity index (χ3n) is 3.71. The van der Waals surface area contributed by atoms with Crippen LogP contribution < -0.4 is 10.9 Å². The summed E-state index contributed by atoms with van der Waals surface area (Å²) in [5, 5.41) is 10.8. The number of carbonyl (C=O) groups is 1. The normalized spacial score (nSPS) is 10.4.